The van der Waals surface area contributed by atoms with E-state index in [0.29, 0.717) is 17.7 Å². The van der Waals surface area contributed by atoms with Gasteiger partial charge in [-0.15, -0.1) is 0 Å². The molecule has 0 saturated heterocycles. The fourth-order valence-electron chi connectivity index (χ4n) is 8.68. The summed E-state index contributed by atoms with van der Waals surface area (Å²) in [6.07, 6.45) is 3.17. The maximum absolute atomic E-state index is 14.5. The predicted molar refractivity (Wildman–Crippen MR) is 312 cm³/mol. The van der Waals surface area contributed by atoms with Crippen LogP contribution in [-0.2, 0) is 59.2 Å². The number of carbonyl (C=O) groups is 11. The molecule has 9 atom stereocenters. The summed E-state index contributed by atoms with van der Waals surface area (Å²) in [7, 11) is 0. The number of hydrogen-bond acceptors (Lipinski definition) is 14. The smallest absolute Gasteiger partial charge is 0.326 e. The Labute approximate surface area is 484 Å². The van der Waals surface area contributed by atoms with E-state index in [1.54, 1.807) is 72.2 Å². The molecule has 0 spiro atoms. The zero-order chi connectivity index (χ0) is 61.3. The number of hydrogen-bond donors (Lipinski definition) is 14. The van der Waals surface area contributed by atoms with E-state index >= 15 is 0 Å². The highest BCUT2D eigenvalue weighted by Gasteiger charge is 2.36. The first-order valence-electron chi connectivity index (χ1n) is 27.5. The SMILES string of the molecule is CSCC[C@H](NC(=O)CNC(=O)[C@H](CS)NC(=O)[C@H](Cc1c[nH]c2ccccc12)NC(=O)[C@H](CC(C)C)NC(=O)[C@H](CC(C)C)NC(=O)[C@H](CC(=O)O)NC(=O)[C@H](CC(C)C)NC(=O)[C@H](CC(C)C)NC(=O)[C@@H](N)CC(C)C)C(=O)O. The summed E-state index contributed by atoms with van der Waals surface area (Å²) in [4.78, 5) is 151. The van der Waals surface area contributed by atoms with Crippen LogP contribution in [0.4, 0.5) is 0 Å². The lowest BCUT2D eigenvalue weighted by Crippen LogP contribution is -2.61. The third-order valence-electron chi connectivity index (χ3n) is 12.6. The number of aromatic nitrogens is 1. The fraction of sp³-hybridized carbons (Fsp3) is 0.655. The molecule has 0 aliphatic carbocycles. The molecule has 0 unspecified atom stereocenters. The monoisotopic (exact) mass is 1180 g/mol. The number of aliphatic carboxylic acids is 2. The number of carboxylic acid groups (broad SMARTS) is 2. The van der Waals surface area contributed by atoms with Crippen LogP contribution in [0.15, 0.2) is 30.5 Å². The van der Waals surface area contributed by atoms with Gasteiger partial charge in [0.15, 0.2) is 0 Å². The van der Waals surface area contributed by atoms with E-state index in [1.807, 2.05) is 33.8 Å². The van der Waals surface area contributed by atoms with E-state index in [-0.39, 0.29) is 73.9 Å². The Morgan fingerprint density at radius 3 is 1.37 bits per heavy atom. The van der Waals surface area contributed by atoms with Gasteiger partial charge in [-0.2, -0.15) is 24.4 Å². The molecule has 24 nitrogen and oxygen atoms in total. The van der Waals surface area contributed by atoms with Gasteiger partial charge in [0.1, 0.15) is 48.3 Å². The third kappa shape index (κ3) is 25.9. The van der Waals surface area contributed by atoms with Gasteiger partial charge < -0.3 is 68.8 Å². The molecular weight excluding hydrogens is 1090 g/mol. The molecular formula is C55H89N11O13S2. The van der Waals surface area contributed by atoms with Gasteiger partial charge >= 0.3 is 11.9 Å². The van der Waals surface area contributed by atoms with Gasteiger partial charge in [0.25, 0.3) is 0 Å². The Hall–Kier alpha value is -6.41. The van der Waals surface area contributed by atoms with Crippen molar-refractivity contribution < 1.29 is 63.0 Å². The second kappa shape index (κ2) is 35.4. The van der Waals surface area contributed by atoms with Crippen LogP contribution in [-0.4, -0.2) is 159 Å². The van der Waals surface area contributed by atoms with Crippen LogP contribution >= 0.6 is 24.4 Å². The van der Waals surface area contributed by atoms with Gasteiger partial charge in [-0.3, -0.25) is 47.9 Å². The van der Waals surface area contributed by atoms with Crippen LogP contribution in [0.25, 0.3) is 10.9 Å². The Morgan fingerprint density at radius 1 is 0.531 bits per heavy atom. The van der Waals surface area contributed by atoms with Crippen LogP contribution < -0.4 is 53.6 Å². The number of thioether (sulfide) groups is 1. The molecule has 14 N–H and O–H groups in total. The number of nitrogens with two attached hydrogens (primary N) is 1. The quantitative estimate of drug-likeness (QED) is 0.0427. The molecule has 0 fully saturated rings. The van der Waals surface area contributed by atoms with Gasteiger partial charge in [-0.25, -0.2) is 4.79 Å². The topological polar surface area (TPSA) is 378 Å². The minimum Gasteiger partial charge on any atom is -0.481 e. The normalized spacial score (nSPS) is 14.8. The van der Waals surface area contributed by atoms with Crippen molar-refractivity contribution in [2.75, 3.05) is 24.3 Å². The fourth-order valence-corrected chi connectivity index (χ4v) is 9.40. The van der Waals surface area contributed by atoms with Crippen molar-refractivity contribution in [2.45, 2.75) is 175 Å². The Bertz CT molecular complexity index is 2450. The Balaban J connectivity index is 2.44. The first-order chi connectivity index (χ1) is 38.0. The number of nitrogens with one attached hydrogen (secondary N) is 10. The number of carbonyl (C=O) groups excluding carboxylic acids is 9. The molecule has 26 heteroatoms. The molecule has 2 rings (SSSR count). The number of aromatic amines is 1. The van der Waals surface area contributed by atoms with Crippen LogP contribution in [0, 0.1) is 29.6 Å². The van der Waals surface area contributed by atoms with Crippen molar-refractivity contribution in [1.82, 2.24) is 52.8 Å². The molecule has 454 valence electrons. The molecule has 81 heavy (non-hydrogen) atoms. The Kier molecular flexibility index (Phi) is 30.9. The van der Waals surface area contributed by atoms with E-state index in [1.165, 1.54) is 11.8 Å². The average molecular weight is 1180 g/mol. The third-order valence-corrected chi connectivity index (χ3v) is 13.7. The Morgan fingerprint density at radius 2 is 0.938 bits per heavy atom. The minimum absolute atomic E-state index is 0.0181. The second-order valence-corrected chi connectivity index (χ2v) is 23.8. The van der Waals surface area contributed by atoms with Gasteiger partial charge in [-0.05, 0) is 91.8 Å². The summed E-state index contributed by atoms with van der Waals surface area (Å²) in [6.45, 7) is 17.6. The molecule has 1 aromatic heterocycles. The van der Waals surface area contributed by atoms with Gasteiger partial charge in [-0.1, -0.05) is 87.4 Å². The van der Waals surface area contributed by atoms with Crippen LogP contribution in [0.2, 0.25) is 0 Å². The molecule has 1 heterocycles. The summed E-state index contributed by atoms with van der Waals surface area (Å²) in [5, 5.41) is 43.4. The molecule has 0 saturated carbocycles. The molecule has 9 amide bonds. The number of amides is 9. The first-order valence-corrected chi connectivity index (χ1v) is 29.5. The number of para-hydroxylation sites is 1. The average Bonchev–Trinajstić information content (AvgIpc) is 3.88. The lowest BCUT2D eigenvalue weighted by atomic mass is 9.98. The first kappa shape index (κ1) is 70.7. The zero-order valence-corrected chi connectivity index (χ0v) is 50.3. The van der Waals surface area contributed by atoms with Gasteiger partial charge in [0.2, 0.25) is 53.2 Å². The largest absolute Gasteiger partial charge is 0.481 e. The van der Waals surface area contributed by atoms with E-state index < -0.39 is 132 Å². The van der Waals surface area contributed by atoms with Crippen molar-refractivity contribution >= 4 is 100 Å². The maximum Gasteiger partial charge on any atom is 0.326 e. The standard InChI is InChI=1S/C55H89N11O13S2/c1-28(2)18-35(56)47(70)60-38(19-29(3)4)49(72)61-41(22-32(9)10)52(75)65-43(24-46(68)69)54(77)63-39(20-30(5)6)50(73)62-40(21-31(7)8)51(74)64-42(23-33-25-57-36-15-13-12-14-34(33)36)53(76)66-44(27-80)48(71)58-26-45(67)59-37(55(78)79)16-17-81-11/h12-15,25,28-32,35,37-44,57,80H,16-24,26-27,56H2,1-11H3,(H,58,71)(H,59,67)(H,60,70)(H,61,72)(H,62,73)(H,63,77)(H,64,74)(H,65,75)(H,66,76)(H,68,69)(H,78,79)/t35-,37-,38-,39-,40-,41-,42-,43-,44-/m0/s1. The highest BCUT2D eigenvalue weighted by molar-refractivity contribution is 7.98. The van der Waals surface area contributed by atoms with E-state index in [9.17, 15) is 63.0 Å². The maximum atomic E-state index is 14.5. The summed E-state index contributed by atoms with van der Waals surface area (Å²) in [5.74, 6) is -10.5. The number of fused-ring (bicyclic) bond motifs is 1. The number of benzene rings is 1. The van der Waals surface area contributed by atoms with Gasteiger partial charge in [0, 0.05) is 29.3 Å². The molecule has 0 bridgehead atoms. The number of H-pyrrole nitrogens is 1. The lowest BCUT2D eigenvalue weighted by Gasteiger charge is -2.29. The van der Waals surface area contributed by atoms with E-state index in [4.69, 9.17) is 5.73 Å². The number of thiol groups is 1. The molecule has 0 radical (unpaired) electrons. The lowest BCUT2D eigenvalue weighted by molar-refractivity contribution is -0.142. The van der Waals surface area contributed by atoms with Crippen LogP contribution in [0.1, 0.15) is 120 Å². The molecule has 0 aliphatic rings. The van der Waals surface area contributed by atoms with E-state index in [0.717, 1.165) is 10.9 Å². The highest BCUT2D eigenvalue weighted by atomic mass is 32.2. The van der Waals surface area contributed by atoms with Crippen LogP contribution in [0.5, 0.6) is 0 Å². The van der Waals surface area contributed by atoms with Gasteiger partial charge in [0.05, 0.1) is 19.0 Å². The summed E-state index contributed by atoms with van der Waals surface area (Å²) < 4.78 is 0. The second-order valence-electron chi connectivity index (χ2n) is 22.5. The summed E-state index contributed by atoms with van der Waals surface area (Å²) >= 11 is 5.65. The van der Waals surface area contributed by atoms with Crippen molar-refractivity contribution in [3.05, 3.63) is 36.0 Å². The molecule has 0 aliphatic heterocycles. The van der Waals surface area contributed by atoms with Crippen LogP contribution in [0.3, 0.4) is 0 Å². The minimum atomic E-state index is -1.76. The molecule has 2 aromatic rings. The van der Waals surface area contributed by atoms with E-state index in [2.05, 4.69) is 65.5 Å². The van der Waals surface area contributed by atoms with Crippen molar-refractivity contribution in [2.24, 2.45) is 35.3 Å². The predicted octanol–water partition coefficient (Wildman–Crippen LogP) is 1.50. The van der Waals surface area contributed by atoms with Crippen molar-refractivity contribution in [1.29, 1.82) is 0 Å². The number of carboxylic acids is 2. The number of rotatable bonds is 37. The molecule has 1 aromatic carbocycles. The summed E-state index contributed by atoms with van der Waals surface area (Å²) in [6, 6.07) is -4.46. The summed E-state index contributed by atoms with van der Waals surface area (Å²) in [5.41, 5.74) is 7.45. The zero-order valence-electron chi connectivity index (χ0n) is 48.6. The van der Waals surface area contributed by atoms with Crippen molar-refractivity contribution in [3.8, 4) is 0 Å². The van der Waals surface area contributed by atoms with Crippen molar-refractivity contribution in [3.63, 3.8) is 0 Å². The highest BCUT2D eigenvalue weighted by Crippen LogP contribution is 2.20.